The molecule has 0 bridgehead atoms. The number of nitrogens with zero attached hydrogens (tertiary/aromatic N) is 2. The van der Waals surface area contributed by atoms with E-state index >= 15 is 0 Å². The molecule has 0 radical (unpaired) electrons. The van der Waals surface area contributed by atoms with Crippen LogP contribution in [0, 0.1) is 5.92 Å². The molecule has 0 N–H and O–H groups in total. The number of aromatic nitrogens is 1. The molecule has 0 unspecified atom stereocenters. The fourth-order valence-electron chi connectivity index (χ4n) is 2.27. The molecule has 4 nitrogen and oxygen atoms in total. The molecule has 0 amide bonds. The first-order chi connectivity index (χ1) is 9.12. The molecule has 1 aromatic heterocycles. The Bertz CT molecular complexity index is 485. The Morgan fingerprint density at radius 2 is 1.89 bits per heavy atom. The number of piperidine rings is 1. The van der Waals surface area contributed by atoms with Gasteiger partial charge >= 0.3 is 0 Å². The van der Waals surface area contributed by atoms with Crippen LogP contribution in [0.5, 0.6) is 0 Å². The predicted molar refractivity (Wildman–Crippen MR) is 76.7 cm³/mol. The molecule has 1 fully saturated rings. The molecule has 0 aromatic carbocycles. The van der Waals surface area contributed by atoms with Crippen LogP contribution >= 0.6 is 11.6 Å². The molecule has 0 saturated carbocycles. The quantitative estimate of drug-likeness (QED) is 0.781. The zero-order valence-electron chi connectivity index (χ0n) is 10.8. The molecule has 1 aromatic rings. The van der Waals surface area contributed by atoms with Crippen molar-refractivity contribution in [2.24, 2.45) is 5.92 Å². The molecule has 1 aliphatic rings. The second-order valence-corrected chi connectivity index (χ2v) is 7.32. The first-order valence-corrected chi connectivity index (χ1v) is 8.69. The third kappa shape index (κ3) is 4.16. The molecule has 1 aliphatic heterocycles. The molecule has 19 heavy (non-hydrogen) atoms. The lowest BCUT2D eigenvalue weighted by molar-refractivity contribution is 0.290. The molecule has 0 aliphatic carbocycles. The highest BCUT2D eigenvalue weighted by molar-refractivity contribution is 7.89. The van der Waals surface area contributed by atoms with Crippen molar-refractivity contribution in [3.63, 3.8) is 0 Å². The van der Waals surface area contributed by atoms with E-state index in [1.54, 1.807) is 16.7 Å². The van der Waals surface area contributed by atoms with Gasteiger partial charge in [-0.1, -0.05) is 0 Å². The van der Waals surface area contributed by atoms with Gasteiger partial charge < -0.3 is 0 Å². The molecule has 0 atom stereocenters. The third-order valence-corrected chi connectivity index (χ3v) is 5.89. The van der Waals surface area contributed by atoms with Gasteiger partial charge in [-0.15, -0.1) is 11.6 Å². The van der Waals surface area contributed by atoms with Crippen molar-refractivity contribution in [3.8, 4) is 0 Å². The van der Waals surface area contributed by atoms with Crippen LogP contribution in [0.1, 0.15) is 18.4 Å². The van der Waals surface area contributed by atoms with Crippen molar-refractivity contribution in [2.75, 3.05) is 24.7 Å². The van der Waals surface area contributed by atoms with E-state index in [0.29, 0.717) is 31.3 Å². The summed E-state index contributed by atoms with van der Waals surface area (Å²) < 4.78 is 26.1. The third-order valence-electron chi connectivity index (χ3n) is 3.58. The van der Waals surface area contributed by atoms with Crippen molar-refractivity contribution in [2.45, 2.75) is 19.3 Å². The highest BCUT2D eigenvalue weighted by Crippen LogP contribution is 2.21. The Morgan fingerprint density at radius 3 is 2.47 bits per heavy atom. The van der Waals surface area contributed by atoms with Crippen molar-refractivity contribution in [1.29, 1.82) is 0 Å². The largest absolute Gasteiger partial charge is 0.265 e. The standard InChI is InChI=1S/C13H19ClN2O2S/c14-11-13-3-8-16(9-4-13)19(17,18)10-5-12-1-6-15-7-2-12/h1-2,6-7,13H,3-5,8-11H2. The number of alkyl halides is 1. The molecule has 6 heteroatoms. The van der Waals surface area contributed by atoms with E-state index in [-0.39, 0.29) is 5.75 Å². The molecule has 0 spiro atoms. The SMILES string of the molecule is O=S(=O)(CCc1ccncc1)N1CCC(CCl)CC1. The second-order valence-electron chi connectivity index (χ2n) is 4.92. The van der Waals surface area contributed by atoms with Crippen LogP contribution in [0.2, 0.25) is 0 Å². The maximum absolute atomic E-state index is 12.2. The highest BCUT2D eigenvalue weighted by Gasteiger charge is 2.27. The van der Waals surface area contributed by atoms with E-state index in [9.17, 15) is 8.42 Å². The fourth-order valence-corrected chi connectivity index (χ4v) is 4.09. The van der Waals surface area contributed by atoms with Gasteiger partial charge in [-0.05, 0) is 42.9 Å². The van der Waals surface area contributed by atoms with E-state index < -0.39 is 10.0 Å². The van der Waals surface area contributed by atoms with Gasteiger partial charge in [-0.3, -0.25) is 4.98 Å². The van der Waals surface area contributed by atoms with Crippen LogP contribution in [0.3, 0.4) is 0 Å². The van der Waals surface area contributed by atoms with Crippen LogP contribution in [0.4, 0.5) is 0 Å². The Hall–Kier alpha value is -0.650. The Labute approximate surface area is 119 Å². The van der Waals surface area contributed by atoms with E-state index in [2.05, 4.69) is 4.98 Å². The minimum Gasteiger partial charge on any atom is -0.265 e. The van der Waals surface area contributed by atoms with Crippen LogP contribution in [0.25, 0.3) is 0 Å². The zero-order chi connectivity index (χ0) is 13.7. The number of halogens is 1. The van der Waals surface area contributed by atoms with Gasteiger partial charge in [0.2, 0.25) is 10.0 Å². The summed E-state index contributed by atoms with van der Waals surface area (Å²) in [6.07, 6.45) is 5.66. The Morgan fingerprint density at radius 1 is 1.26 bits per heavy atom. The zero-order valence-corrected chi connectivity index (χ0v) is 12.4. The first kappa shape index (κ1) is 14.8. The van der Waals surface area contributed by atoms with E-state index in [4.69, 9.17) is 11.6 Å². The monoisotopic (exact) mass is 302 g/mol. The average Bonchev–Trinajstić information content (AvgIpc) is 2.46. The number of rotatable bonds is 5. The molecular weight excluding hydrogens is 284 g/mol. The highest BCUT2D eigenvalue weighted by atomic mass is 35.5. The summed E-state index contributed by atoms with van der Waals surface area (Å²) in [6.45, 7) is 1.21. The van der Waals surface area contributed by atoms with Crippen molar-refractivity contribution >= 4 is 21.6 Å². The van der Waals surface area contributed by atoms with Crippen molar-refractivity contribution < 1.29 is 8.42 Å². The fraction of sp³-hybridized carbons (Fsp3) is 0.615. The van der Waals surface area contributed by atoms with Crippen LogP contribution < -0.4 is 0 Å². The summed E-state index contributed by atoms with van der Waals surface area (Å²) >= 11 is 5.81. The number of aryl methyl sites for hydroxylation is 1. The number of pyridine rings is 1. The smallest absolute Gasteiger partial charge is 0.214 e. The maximum atomic E-state index is 12.2. The lowest BCUT2D eigenvalue weighted by atomic mass is 10.0. The normalized spacial score (nSPS) is 18.6. The average molecular weight is 303 g/mol. The molecule has 2 rings (SSSR count). The Kier molecular flexibility index (Phi) is 5.19. The van der Waals surface area contributed by atoms with Gasteiger partial charge in [0.1, 0.15) is 0 Å². The Balaban J connectivity index is 1.89. The summed E-state index contributed by atoms with van der Waals surface area (Å²) in [5.41, 5.74) is 1.01. The molecule has 1 saturated heterocycles. The molecule has 2 heterocycles. The van der Waals surface area contributed by atoms with Gasteiger partial charge in [0.15, 0.2) is 0 Å². The first-order valence-electron chi connectivity index (χ1n) is 6.54. The molecule has 106 valence electrons. The van der Waals surface area contributed by atoms with Crippen LogP contribution in [-0.4, -0.2) is 42.4 Å². The number of sulfonamides is 1. The molecular formula is C13H19ClN2O2S. The van der Waals surface area contributed by atoms with E-state index in [0.717, 1.165) is 18.4 Å². The van der Waals surface area contributed by atoms with Gasteiger partial charge in [-0.2, -0.15) is 0 Å². The summed E-state index contributed by atoms with van der Waals surface area (Å²) in [5, 5.41) is 0. The summed E-state index contributed by atoms with van der Waals surface area (Å²) in [7, 11) is -3.14. The van der Waals surface area contributed by atoms with E-state index in [1.165, 1.54) is 0 Å². The minimum atomic E-state index is -3.14. The summed E-state index contributed by atoms with van der Waals surface area (Å²) in [6, 6.07) is 3.71. The van der Waals surface area contributed by atoms with Crippen LogP contribution in [-0.2, 0) is 16.4 Å². The van der Waals surface area contributed by atoms with Gasteiger partial charge in [0, 0.05) is 31.4 Å². The lowest BCUT2D eigenvalue weighted by Gasteiger charge is -2.30. The van der Waals surface area contributed by atoms with Crippen LogP contribution in [0.15, 0.2) is 24.5 Å². The topological polar surface area (TPSA) is 50.3 Å². The summed E-state index contributed by atoms with van der Waals surface area (Å²) in [4.78, 5) is 3.93. The minimum absolute atomic E-state index is 0.169. The van der Waals surface area contributed by atoms with Crippen molar-refractivity contribution in [1.82, 2.24) is 9.29 Å². The number of hydrogen-bond donors (Lipinski definition) is 0. The maximum Gasteiger partial charge on any atom is 0.214 e. The second kappa shape index (κ2) is 6.68. The van der Waals surface area contributed by atoms with Crippen molar-refractivity contribution in [3.05, 3.63) is 30.1 Å². The summed E-state index contributed by atoms with van der Waals surface area (Å²) in [5.74, 6) is 1.27. The lowest BCUT2D eigenvalue weighted by Crippen LogP contribution is -2.40. The predicted octanol–water partition coefficient (Wildman–Crippen LogP) is 1.90. The van der Waals surface area contributed by atoms with Gasteiger partial charge in [0.25, 0.3) is 0 Å². The van der Waals surface area contributed by atoms with E-state index in [1.807, 2.05) is 12.1 Å². The number of hydrogen-bond acceptors (Lipinski definition) is 3. The van der Waals surface area contributed by atoms with Gasteiger partial charge in [0.05, 0.1) is 5.75 Å². The van der Waals surface area contributed by atoms with Gasteiger partial charge in [-0.25, -0.2) is 12.7 Å².